The standard InChI is InChI=1S/C16H17N3O2/c1-20-15-6-2-4-13(10-15)12-21-9-8-18-16-7-3-5-14(11-17)19-16/h2-7,10H,8-9,12H2,1H3,(H,18,19). The molecule has 0 bridgehead atoms. The number of ether oxygens (including phenoxy) is 2. The maximum atomic E-state index is 8.77. The number of hydrogen-bond acceptors (Lipinski definition) is 5. The Morgan fingerprint density at radius 1 is 1.24 bits per heavy atom. The predicted octanol–water partition coefficient (Wildman–Crippen LogP) is 2.59. The summed E-state index contributed by atoms with van der Waals surface area (Å²) < 4.78 is 10.7. The van der Waals surface area contributed by atoms with Crippen LogP contribution in [0.2, 0.25) is 0 Å². The van der Waals surface area contributed by atoms with Crippen LogP contribution in [-0.2, 0) is 11.3 Å². The molecule has 0 fully saturated rings. The molecule has 1 heterocycles. The fourth-order valence-electron chi connectivity index (χ4n) is 1.80. The molecule has 2 aromatic rings. The monoisotopic (exact) mass is 283 g/mol. The molecular formula is C16H17N3O2. The highest BCUT2D eigenvalue weighted by atomic mass is 16.5. The van der Waals surface area contributed by atoms with Crippen LogP contribution >= 0.6 is 0 Å². The number of anilines is 1. The molecule has 21 heavy (non-hydrogen) atoms. The predicted molar refractivity (Wildman–Crippen MR) is 80.1 cm³/mol. The van der Waals surface area contributed by atoms with Crippen LogP contribution in [0, 0.1) is 11.3 Å². The van der Waals surface area contributed by atoms with E-state index in [9.17, 15) is 0 Å². The normalized spacial score (nSPS) is 9.90. The highest BCUT2D eigenvalue weighted by Gasteiger charge is 1.98. The number of benzene rings is 1. The molecule has 1 N–H and O–H groups in total. The van der Waals surface area contributed by atoms with E-state index in [0.717, 1.165) is 11.3 Å². The number of aromatic nitrogens is 1. The highest BCUT2D eigenvalue weighted by Crippen LogP contribution is 2.13. The van der Waals surface area contributed by atoms with Crippen LogP contribution in [0.5, 0.6) is 5.75 Å². The van der Waals surface area contributed by atoms with Crippen LogP contribution in [0.3, 0.4) is 0 Å². The first-order chi connectivity index (χ1) is 10.3. The van der Waals surface area contributed by atoms with Crippen molar-refractivity contribution in [1.29, 1.82) is 5.26 Å². The summed E-state index contributed by atoms with van der Waals surface area (Å²) in [5.41, 5.74) is 1.47. The van der Waals surface area contributed by atoms with Gasteiger partial charge in [0.25, 0.3) is 0 Å². The van der Waals surface area contributed by atoms with E-state index in [1.54, 1.807) is 19.2 Å². The van der Waals surface area contributed by atoms with E-state index in [4.69, 9.17) is 14.7 Å². The van der Waals surface area contributed by atoms with Gasteiger partial charge in [-0.15, -0.1) is 0 Å². The maximum absolute atomic E-state index is 8.77. The average molecular weight is 283 g/mol. The second-order valence-electron chi connectivity index (χ2n) is 4.35. The van der Waals surface area contributed by atoms with Crippen LogP contribution in [0.25, 0.3) is 0 Å². The molecule has 0 aliphatic carbocycles. The fourth-order valence-corrected chi connectivity index (χ4v) is 1.80. The van der Waals surface area contributed by atoms with E-state index in [-0.39, 0.29) is 0 Å². The number of nitrogens with one attached hydrogen (secondary N) is 1. The zero-order valence-electron chi connectivity index (χ0n) is 11.9. The molecule has 5 heteroatoms. The van der Waals surface area contributed by atoms with Gasteiger partial charge in [-0.1, -0.05) is 18.2 Å². The Hall–Kier alpha value is -2.58. The Kier molecular flexibility index (Phi) is 5.56. The second kappa shape index (κ2) is 7.88. The number of methoxy groups -OCH3 is 1. The third-order valence-electron chi connectivity index (χ3n) is 2.82. The molecule has 0 aliphatic rings. The minimum atomic E-state index is 0.400. The first-order valence-corrected chi connectivity index (χ1v) is 6.63. The Balaban J connectivity index is 1.71. The van der Waals surface area contributed by atoms with Crippen molar-refractivity contribution in [2.24, 2.45) is 0 Å². The molecular weight excluding hydrogens is 266 g/mol. The summed E-state index contributed by atoms with van der Waals surface area (Å²) in [5, 5.41) is 11.9. The van der Waals surface area contributed by atoms with Crippen molar-refractivity contribution >= 4 is 5.82 Å². The molecule has 108 valence electrons. The fraction of sp³-hybridized carbons (Fsp3) is 0.250. The van der Waals surface area contributed by atoms with Gasteiger partial charge in [0.15, 0.2) is 0 Å². The van der Waals surface area contributed by atoms with E-state index in [1.165, 1.54) is 0 Å². The SMILES string of the molecule is COc1cccc(COCCNc2cccc(C#N)n2)c1. The lowest BCUT2D eigenvalue weighted by Crippen LogP contribution is -2.10. The Bertz CT molecular complexity index is 623. The number of rotatable bonds is 7. The Morgan fingerprint density at radius 2 is 2.10 bits per heavy atom. The summed E-state index contributed by atoms with van der Waals surface area (Å²) in [6, 6.07) is 15.1. The van der Waals surface area contributed by atoms with Gasteiger partial charge in [0, 0.05) is 6.54 Å². The largest absolute Gasteiger partial charge is 0.497 e. The average Bonchev–Trinajstić information content (AvgIpc) is 2.55. The van der Waals surface area contributed by atoms with Gasteiger partial charge in [-0.2, -0.15) is 5.26 Å². The van der Waals surface area contributed by atoms with Crippen LogP contribution in [0.4, 0.5) is 5.82 Å². The lowest BCUT2D eigenvalue weighted by atomic mass is 10.2. The summed E-state index contributed by atoms with van der Waals surface area (Å²) in [7, 11) is 1.65. The molecule has 0 saturated carbocycles. The van der Waals surface area contributed by atoms with Gasteiger partial charge in [-0.3, -0.25) is 0 Å². The van der Waals surface area contributed by atoms with Gasteiger partial charge in [0.2, 0.25) is 0 Å². The van der Waals surface area contributed by atoms with Crippen molar-refractivity contribution in [2.45, 2.75) is 6.61 Å². The summed E-state index contributed by atoms with van der Waals surface area (Å²) in [5.74, 6) is 1.51. The molecule has 0 spiro atoms. The van der Waals surface area contributed by atoms with Gasteiger partial charge in [0.05, 0.1) is 20.3 Å². The van der Waals surface area contributed by atoms with Crippen LogP contribution < -0.4 is 10.1 Å². The van der Waals surface area contributed by atoms with Crippen molar-refractivity contribution in [3.05, 3.63) is 53.7 Å². The molecule has 0 aliphatic heterocycles. The molecule has 0 unspecified atom stereocenters. The van der Waals surface area contributed by atoms with Crippen molar-refractivity contribution in [3.63, 3.8) is 0 Å². The topological polar surface area (TPSA) is 67.2 Å². The van der Waals surface area contributed by atoms with E-state index >= 15 is 0 Å². The van der Waals surface area contributed by atoms with Crippen molar-refractivity contribution in [3.8, 4) is 11.8 Å². The first-order valence-electron chi connectivity index (χ1n) is 6.63. The number of nitrogens with zero attached hydrogens (tertiary/aromatic N) is 2. The molecule has 1 aromatic carbocycles. The smallest absolute Gasteiger partial charge is 0.142 e. The van der Waals surface area contributed by atoms with Gasteiger partial charge >= 0.3 is 0 Å². The molecule has 5 nitrogen and oxygen atoms in total. The Morgan fingerprint density at radius 3 is 2.90 bits per heavy atom. The zero-order chi connectivity index (χ0) is 14.9. The van der Waals surface area contributed by atoms with Crippen LogP contribution in [0.15, 0.2) is 42.5 Å². The summed E-state index contributed by atoms with van der Waals surface area (Å²) in [6.07, 6.45) is 0. The summed E-state index contributed by atoms with van der Waals surface area (Å²) >= 11 is 0. The molecule has 0 radical (unpaired) electrons. The summed E-state index contributed by atoms with van der Waals surface area (Å²) in [6.45, 7) is 1.71. The van der Waals surface area contributed by atoms with Crippen LogP contribution in [0.1, 0.15) is 11.3 Å². The third kappa shape index (κ3) is 4.79. The minimum Gasteiger partial charge on any atom is -0.497 e. The molecule has 1 aromatic heterocycles. The second-order valence-corrected chi connectivity index (χ2v) is 4.35. The minimum absolute atomic E-state index is 0.400. The van der Waals surface area contributed by atoms with E-state index in [1.807, 2.05) is 36.4 Å². The van der Waals surface area contributed by atoms with E-state index in [2.05, 4.69) is 10.3 Å². The Labute approximate surface area is 124 Å². The first kappa shape index (κ1) is 14.8. The maximum Gasteiger partial charge on any atom is 0.142 e. The zero-order valence-corrected chi connectivity index (χ0v) is 11.9. The van der Waals surface area contributed by atoms with Crippen molar-refractivity contribution in [1.82, 2.24) is 4.98 Å². The van der Waals surface area contributed by atoms with Gasteiger partial charge in [-0.05, 0) is 29.8 Å². The molecule has 2 rings (SSSR count). The molecule has 0 amide bonds. The molecule has 0 atom stereocenters. The van der Waals surface area contributed by atoms with Crippen molar-refractivity contribution < 1.29 is 9.47 Å². The van der Waals surface area contributed by atoms with E-state index < -0.39 is 0 Å². The highest BCUT2D eigenvalue weighted by molar-refractivity contribution is 5.38. The lowest BCUT2D eigenvalue weighted by molar-refractivity contribution is 0.130. The molecule has 0 saturated heterocycles. The number of hydrogen-bond donors (Lipinski definition) is 1. The van der Waals surface area contributed by atoms with Crippen molar-refractivity contribution in [2.75, 3.05) is 25.6 Å². The van der Waals surface area contributed by atoms with Gasteiger partial charge in [0.1, 0.15) is 23.3 Å². The van der Waals surface area contributed by atoms with Crippen LogP contribution in [-0.4, -0.2) is 25.2 Å². The van der Waals surface area contributed by atoms with E-state index in [0.29, 0.717) is 31.3 Å². The summed E-state index contributed by atoms with van der Waals surface area (Å²) in [4.78, 5) is 4.13. The lowest BCUT2D eigenvalue weighted by Gasteiger charge is -2.08. The number of nitriles is 1. The quantitative estimate of drug-likeness (QED) is 0.791. The van der Waals surface area contributed by atoms with Gasteiger partial charge < -0.3 is 14.8 Å². The third-order valence-corrected chi connectivity index (χ3v) is 2.82. The van der Waals surface area contributed by atoms with Gasteiger partial charge in [-0.25, -0.2) is 4.98 Å². The number of pyridine rings is 1.